The van der Waals surface area contributed by atoms with Crippen molar-refractivity contribution in [2.75, 3.05) is 36.5 Å². The Kier molecular flexibility index (Phi) is 6.75. The summed E-state index contributed by atoms with van der Waals surface area (Å²) in [5, 5.41) is 20.7. The van der Waals surface area contributed by atoms with Crippen LogP contribution in [0.5, 0.6) is 0 Å². The molecule has 146 valence electrons. The van der Waals surface area contributed by atoms with E-state index >= 15 is 0 Å². The molecule has 0 aliphatic rings. The summed E-state index contributed by atoms with van der Waals surface area (Å²) in [4.78, 5) is 13.8. The summed E-state index contributed by atoms with van der Waals surface area (Å²) in [5.74, 6) is -1.27. The van der Waals surface area contributed by atoms with Crippen molar-refractivity contribution < 1.29 is 32.6 Å². The average Bonchev–Trinajstić information content (AvgIpc) is 2.61. The van der Waals surface area contributed by atoms with E-state index in [0.29, 0.717) is 0 Å². The highest BCUT2D eigenvalue weighted by Crippen LogP contribution is 2.35. The van der Waals surface area contributed by atoms with E-state index in [4.69, 9.17) is 10.2 Å². The Morgan fingerprint density at radius 2 is 1.59 bits per heavy atom. The minimum absolute atomic E-state index is 0.0470. The van der Waals surface area contributed by atoms with Crippen LogP contribution in [0.25, 0.3) is 0 Å². The van der Waals surface area contributed by atoms with Gasteiger partial charge in [0.1, 0.15) is 5.82 Å². The molecule has 0 aliphatic carbocycles. The van der Waals surface area contributed by atoms with Crippen LogP contribution in [0.2, 0.25) is 0 Å². The molecule has 3 N–H and O–H groups in total. The maximum absolute atomic E-state index is 13.1. The third kappa shape index (κ3) is 5.41. The van der Waals surface area contributed by atoms with E-state index in [0.717, 1.165) is 30.3 Å². The van der Waals surface area contributed by atoms with Gasteiger partial charge in [-0.3, -0.25) is 4.79 Å². The fourth-order valence-corrected chi connectivity index (χ4v) is 2.48. The molecule has 0 unspecified atom stereocenters. The number of nitrogens with zero attached hydrogens (tertiary/aromatic N) is 1. The van der Waals surface area contributed by atoms with Crippen molar-refractivity contribution in [3.63, 3.8) is 0 Å². The zero-order valence-corrected chi connectivity index (χ0v) is 14.1. The van der Waals surface area contributed by atoms with Crippen LogP contribution in [0.1, 0.15) is 15.9 Å². The predicted octanol–water partition coefficient (Wildman–Crippen LogP) is 2.89. The molecule has 0 radical (unpaired) electrons. The van der Waals surface area contributed by atoms with Crippen LogP contribution < -0.4 is 10.2 Å². The average molecular weight is 386 g/mol. The number of hydrogen-bond donors (Lipinski definition) is 3. The number of alkyl halides is 3. The first-order chi connectivity index (χ1) is 12.8. The second kappa shape index (κ2) is 8.83. The maximum Gasteiger partial charge on any atom is 0.416 e. The normalized spacial score (nSPS) is 11.3. The quantitative estimate of drug-likeness (QED) is 0.640. The van der Waals surface area contributed by atoms with Gasteiger partial charge in [0.15, 0.2) is 0 Å². The van der Waals surface area contributed by atoms with Gasteiger partial charge in [0.05, 0.1) is 30.2 Å². The molecule has 2 rings (SSSR count). The lowest BCUT2D eigenvalue weighted by atomic mass is 10.1. The predicted molar refractivity (Wildman–Crippen MR) is 92.2 cm³/mol. The van der Waals surface area contributed by atoms with Crippen LogP contribution in [0.3, 0.4) is 0 Å². The van der Waals surface area contributed by atoms with E-state index in [2.05, 4.69) is 5.32 Å². The number of aliphatic hydroxyl groups is 2. The maximum atomic E-state index is 13.1. The summed E-state index contributed by atoms with van der Waals surface area (Å²) in [6, 6.07) is 7.32. The van der Waals surface area contributed by atoms with Crippen molar-refractivity contribution in [1.29, 1.82) is 0 Å². The van der Waals surface area contributed by atoms with Gasteiger partial charge in [-0.05, 0) is 42.5 Å². The van der Waals surface area contributed by atoms with Gasteiger partial charge in [-0.25, -0.2) is 4.39 Å². The topological polar surface area (TPSA) is 72.8 Å². The van der Waals surface area contributed by atoms with E-state index in [9.17, 15) is 22.4 Å². The summed E-state index contributed by atoms with van der Waals surface area (Å²) >= 11 is 0. The number of amides is 1. The molecule has 0 aromatic heterocycles. The van der Waals surface area contributed by atoms with Crippen molar-refractivity contribution in [3.05, 3.63) is 59.4 Å². The minimum Gasteiger partial charge on any atom is -0.395 e. The standard InChI is InChI=1S/C18H18F4N2O3/c19-14-4-1-12(2-5-14)17(27)23-15-11-13(18(20,21)22)3-6-16(15)24(7-9-25)8-10-26/h1-6,11,25-26H,7-10H2,(H,23,27). The summed E-state index contributed by atoms with van der Waals surface area (Å²) in [7, 11) is 0. The van der Waals surface area contributed by atoms with Crippen molar-refractivity contribution >= 4 is 17.3 Å². The molecule has 2 aromatic carbocycles. The number of nitrogens with one attached hydrogen (secondary N) is 1. The van der Waals surface area contributed by atoms with Crippen LogP contribution in [-0.4, -0.2) is 42.4 Å². The molecule has 0 atom stereocenters. The number of hydrogen-bond acceptors (Lipinski definition) is 4. The summed E-state index contributed by atoms with van der Waals surface area (Å²) in [5.41, 5.74) is -0.827. The van der Waals surface area contributed by atoms with Crippen LogP contribution in [-0.2, 0) is 6.18 Å². The molecule has 0 saturated heterocycles. The van der Waals surface area contributed by atoms with E-state index in [1.54, 1.807) is 0 Å². The van der Waals surface area contributed by atoms with Gasteiger partial charge in [0.25, 0.3) is 5.91 Å². The summed E-state index contributed by atoms with van der Waals surface area (Å²) < 4.78 is 52.2. The molecule has 1 amide bonds. The molecule has 0 heterocycles. The summed E-state index contributed by atoms with van der Waals surface area (Å²) in [6.07, 6.45) is -4.62. The highest BCUT2D eigenvalue weighted by molar-refractivity contribution is 6.06. The Balaban J connectivity index is 2.42. The molecular weight excluding hydrogens is 368 g/mol. The highest BCUT2D eigenvalue weighted by atomic mass is 19.4. The SMILES string of the molecule is O=C(Nc1cc(C(F)(F)F)ccc1N(CCO)CCO)c1ccc(F)cc1. The van der Waals surface area contributed by atoms with Gasteiger partial charge in [-0.15, -0.1) is 0 Å². The van der Waals surface area contributed by atoms with E-state index in [-0.39, 0.29) is 43.2 Å². The van der Waals surface area contributed by atoms with Crippen LogP contribution in [0.4, 0.5) is 28.9 Å². The fourth-order valence-electron chi connectivity index (χ4n) is 2.48. The van der Waals surface area contributed by atoms with Crippen LogP contribution in [0, 0.1) is 5.82 Å². The van der Waals surface area contributed by atoms with Gasteiger partial charge in [0, 0.05) is 18.7 Å². The molecule has 0 spiro atoms. The number of anilines is 2. The number of halogens is 4. The monoisotopic (exact) mass is 386 g/mol. The van der Waals surface area contributed by atoms with E-state index in [1.165, 1.54) is 17.0 Å². The minimum atomic E-state index is -4.62. The number of carbonyl (C=O) groups is 1. The summed E-state index contributed by atoms with van der Waals surface area (Å²) in [6.45, 7) is -0.505. The van der Waals surface area contributed by atoms with Crippen molar-refractivity contribution in [2.24, 2.45) is 0 Å². The van der Waals surface area contributed by atoms with Gasteiger partial charge >= 0.3 is 6.18 Å². The Hall–Kier alpha value is -2.65. The molecule has 0 bridgehead atoms. The number of carbonyl (C=O) groups excluding carboxylic acids is 1. The molecule has 2 aromatic rings. The van der Waals surface area contributed by atoms with Gasteiger partial charge in [-0.2, -0.15) is 13.2 Å². The van der Waals surface area contributed by atoms with E-state index in [1.807, 2.05) is 0 Å². The number of rotatable bonds is 7. The third-order valence-corrected chi connectivity index (χ3v) is 3.76. The molecule has 0 saturated carbocycles. The first-order valence-corrected chi connectivity index (χ1v) is 8.01. The lowest BCUT2D eigenvalue weighted by Crippen LogP contribution is -2.31. The molecule has 0 aliphatic heterocycles. The zero-order chi connectivity index (χ0) is 20.0. The first kappa shape index (κ1) is 20.7. The number of aliphatic hydroxyl groups excluding tert-OH is 2. The van der Waals surface area contributed by atoms with Crippen molar-refractivity contribution in [1.82, 2.24) is 0 Å². The Morgan fingerprint density at radius 1 is 1.00 bits per heavy atom. The Labute approximate surface area is 152 Å². The lowest BCUT2D eigenvalue weighted by molar-refractivity contribution is -0.137. The molecule has 9 heteroatoms. The lowest BCUT2D eigenvalue weighted by Gasteiger charge is -2.26. The van der Waals surface area contributed by atoms with Gasteiger partial charge < -0.3 is 20.4 Å². The van der Waals surface area contributed by atoms with Crippen LogP contribution in [0.15, 0.2) is 42.5 Å². The smallest absolute Gasteiger partial charge is 0.395 e. The number of benzene rings is 2. The molecule has 5 nitrogen and oxygen atoms in total. The van der Waals surface area contributed by atoms with E-state index < -0.39 is 23.5 Å². The van der Waals surface area contributed by atoms with Crippen molar-refractivity contribution in [3.8, 4) is 0 Å². The Morgan fingerprint density at radius 3 is 2.11 bits per heavy atom. The Bertz CT molecular complexity index is 773. The van der Waals surface area contributed by atoms with Crippen LogP contribution >= 0.6 is 0 Å². The molecule has 0 fully saturated rings. The second-order valence-electron chi connectivity index (χ2n) is 5.62. The zero-order valence-electron chi connectivity index (χ0n) is 14.1. The van der Waals surface area contributed by atoms with Gasteiger partial charge in [-0.1, -0.05) is 0 Å². The van der Waals surface area contributed by atoms with Gasteiger partial charge in [0.2, 0.25) is 0 Å². The first-order valence-electron chi connectivity index (χ1n) is 8.01. The van der Waals surface area contributed by atoms with Crippen molar-refractivity contribution in [2.45, 2.75) is 6.18 Å². The molecule has 27 heavy (non-hydrogen) atoms. The second-order valence-corrected chi connectivity index (χ2v) is 5.62. The fraction of sp³-hybridized carbons (Fsp3) is 0.278. The largest absolute Gasteiger partial charge is 0.416 e. The molecular formula is C18H18F4N2O3. The highest BCUT2D eigenvalue weighted by Gasteiger charge is 2.31. The third-order valence-electron chi connectivity index (χ3n) is 3.76.